The number of amides is 1. The van der Waals surface area contributed by atoms with Crippen LogP contribution in [0, 0.1) is 0 Å². The number of benzene rings is 1. The molecule has 150 valence electrons. The van der Waals surface area contributed by atoms with Gasteiger partial charge in [0.15, 0.2) is 0 Å². The molecule has 1 N–H and O–H groups in total. The van der Waals surface area contributed by atoms with E-state index in [0.717, 1.165) is 39.3 Å². The second-order valence-corrected chi connectivity index (χ2v) is 6.74. The molecule has 1 amide bonds. The highest BCUT2D eigenvalue weighted by molar-refractivity contribution is 5.80. The highest BCUT2D eigenvalue weighted by atomic mass is 16.5. The fraction of sp³-hybridized carbons (Fsp3) is 0.450. The Morgan fingerprint density at radius 3 is 2.43 bits per heavy atom. The first kappa shape index (κ1) is 20.0. The first-order valence-corrected chi connectivity index (χ1v) is 9.52. The fourth-order valence-corrected chi connectivity index (χ4v) is 3.39. The minimum Gasteiger partial charge on any atom is -0.379 e. The summed E-state index contributed by atoms with van der Waals surface area (Å²) in [5.74, 6) is -0.282. The molecular weight excluding hydrogens is 360 g/mol. The summed E-state index contributed by atoms with van der Waals surface area (Å²) in [5.41, 5.74) is -0.202. The summed E-state index contributed by atoms with van der Waals surface area (Å²) >= 11 is 0. The molecule has 0 unspecified atom stereocenters. The van der Waals surface area contributed by atoms with E-state index in [9.17, 15) is 14.4 Å². The van der Waals surface area contributed by atoms with E-state index in [2.05, 4.69) is 16.8 Å². The van der Waals surface area contributed by atoms with Crippen molar-refractivity contribution in [1.82, 2.24) is 19.4 Å². The number of hydrogen-bond donors (Lipinski definition) is 1. The van der Waals surface area contributed by atoms with Gasteiger partial charge in [-0.25, -0.2) is 0 Å². The van der Waals surface area contributed by atoms with Gasteiger partial charge < -0.3 is 10.1 Å². The van der Waals surface area contributed by atoms with E-state index < -0.39 is 11.1 Å². The lowest BCUT2D eigenvalue weighted by atomic mass is 10.2. The molecule has 1 saturated heterocycles. The van der Waals surface area contributed by atoms with Crippen molar-refractivity contribution in [3.05, 3.63) is 57.6 Å². The number of ether oxygens (including phenoxy) is 1. The van der Waals surface area contributed by atoms with Crippen LogP contribution in [0.15, 0.2) is 46.5 Å². The number of rotatable bonds is 8. The van der Waals surface area contributed by atoms with Crippen LogP contribution in [0.4, 0.5) is 0 Å². The van der Waals surface area contributed by atoms with E-state index in [0.29, 0.717) is 17.6 Å². The van der Waals surface area contributed by atoms with E-state index in [4.69, 9.17) is 4.74 Å². The summed E-state index contributed by atoms with van der Waals surface area (Å²) in [6.45, 7) is 8.44. The Hall–Kier alpha value is -2.71. The molecule has 8 nitrogen and oxygen atoms in total. The Morgan fingerprint density at radius 2 is 1.75 bits per heavy atom. The number of morpholine rings is 1. The number of aromatic nitrogens is 2. The number of fused-ring (bicyclic) bond motifs is 1. The summed E-state index contributed by atoms with van der Waals surface area (Å²) < 4.78 is 7.93. The molecular formula is C20H26N4O4. The van der Waals surface area contributed by atoms with Crippen LogP contribution < -0.4 is 16.4 Å². The number of carbonyl (C=O) groups excluding carboxylic acids is 1. The van der Waals surface area contributed by atoms with Gasteiger partial charge in [-0.05, 0) is 25.1 Å². The van der Waals surface area contributed by atoms with E-state index in [-0.39, 0.29) is 19.0 Å². The molecule has 1 fully saturated rings. The summed E-state index contributed by atoms with van der Waals surface area (Å²) in [7, 11) is 0. The molecule has 2 heterocycles. The Labute approximate surface area is 163 Å². The molecule has 1 aliphatic rings. The number of nitrogens with one attached hydrogen (secondary N) is 1. The van der Waals surface area contributed by atoms with E-state index in [1.807, 2.05) is 0 Å². The Balaban J connectivity index is 1.68. The number of carbonyl (C=O) groups is 1. The number of nitrogens with zero attached hydrogens (tertiary/aromatic N) is 3. The quantitative estimate of drug-likeness (QED) is 0.398. The summed E-state index contributed by atoms with van der Waals surface area (Å²) in [6.07, 6.45) is 2.39. The molecule has 0 spiro atoms. The van der Waals surface area contributed by atoms with Crippen LogP contribution in [-0.2, 0) is 22.6 Å². The summed E-state index contributed by atoms with van der Waals surface area (Å²) in [4.78, 5) is 39.6. The minimum atomic E-state index is -0.705. The minimum absolute atomic E-state index is 0.179. The molecule has 2 aromatic rings. The molecule has 0 aliphatic carbocycles. The van der Waals surface area contributed by atoms with Crippen molar-refractivity contribution in [3.63, 3.8) is 0 Å². The van der Waals surface area contributed by atoms with Crippen LogP contribution >= 0.6 is 0 Å². The predicted molar refractivity (Wildman–Crippen MR) is 108 cm³/mol. The molecule has 8 heteroatoms. The third-order valence-corrected chi connectivity index (χ3v) is 4.83. The lowest BCUT2D eigenvalue weighted by molar-refractivity contribution is -0.121. The normalized spacial score (nSPS) is 14.9. The van der Waals surface area contributed by atoms with Crippen LogP contribution in [0.25, 0.3) is 11.0 Å². The average Bonchev–Trinajstić information content (AvgIpc) is 2.72. The number of allylic oxidation sites excluding steroid dienone is 1. The van der Waals surface area contributed by atoms with Crippen LogP contribution in [0.2, 0.25) is 0 Å². The van der Waals surface area contributed by atoms with Gasteiger partial charge in [0.2, 0.25) is 5.91 Å². The molecule has 3 rings (SSSR count). The van der Waals surface area contributed by atoms with E-state index >= 15 is 0 Å². The number of para-hydroxylation sites is 2. The van der Waals surface area contributed by atoms with Crippen LogP contribution in [-0.4, -0.2) is 59.3 Å². The fourth-order valence-electron chi connectivity index (χ4n) is 3.39. The molecule has 1 aromatic carbocycles. The topological polar surface area (TPSA) is 85.6 Å². The van der Waals surface area contributed by atoms with E-state index in [1.165, 1.54) is 9.13 Å². The van der Waals surface area contributed by atoms with Crippen LogP contribution in [0.3, 0.4) is 0 Å². The third kappa shape index (κ3) is 4.58. The first-order valence-electron chi connectivity index (χ1n) is 9.52. The van der Waals surface area contributed by atoms with Crippen molar-refractivity contribution in [3.8, 4) is 0 Å². The lowest BCUT2D eigenvalue weighted by Gasteiger charge is -2.26. The second-order valence-electron chi connectivity index (χ2n) is 6.74. The zero-order chi connectivity index (χ0) is 19.9. The van der Waals surface area contributed by atoms with Gasteiger partial charge in [-0.1, -0.05) is 18.2 Å². The van der Waals surface area contributed by atoms with Gasteiger partial charge in [0.05, 0.1) is 24.2 Å². The van der Waals surface area contributed by atoms with Gasteiger partial charge in [0.25, 0.3) is 0 Å². The Morgan fingerprint density at radius 1 is 1.11 bits per heavy atom. The molecule has 28 heavy (non-hydrogen) atoms. The highest BCUT2D eigenvalue weighted by Crippen LogP contribution is 2.10. The average molecular weight is 386 g/mol. The van der Waals surface area contributed by atoms with Crippen LogP contribution in [0.5, 0.6) is 0 Å². The largest absolute Gasteiger partial charge is 0.379 e. The SMILES string of the molecule is C=CCn1c(=O)c(=O)n(CC(=O)NCCCN2CCOCC2)c2ccccc21. The van der Waals surface area contributed by atoms with Gasteiger partial charge >= 0.3 is 11.1 Å². The zero-order valence-electron chi connectivity index (χ0n) is 15.9. The first-order chi connectivity index (χ1) is 13.6. The summed E-state index contributed by atoms with van der Waals surface area (Å²) in [5, 5.41) is 2.84. The lowest BCUT2D eigenvalue weighted by Crippen LogP contribution is -2.44. The van der Waals surface area contributed by atoms with Crippen molar-refractivity contribution in [2.45, 2.75) is 19.5 Å². The monoisotopic (exact) mass is 386 g/mol. The van der Waals surface area contributed by atoms with Gasteiger partial charge in [0, 0.05) is 26.2 Å². The standard InChI is InChI=1S/C20H26N4O4/c1-2-9-23-16-6-3-4-7-17(16)24(20(27)19(23)26)15-18(25)21-8-5-10-22-11-13-28-14-12-22/h2-4,6-7H,1,5,8-15H2,(H,21,25). The Bertz CT molecular complexity index is 957. The number of hydrogen-bond acceptors (Lipinski definition) is 5. The molecule has 1 aliphatic heterocycles. The zero-order valence-corrected chi connectivity index (χ0v) is 15.9. The predicted octanol–water partition coefficient (Wildman–Crippen LogP) is 0.188. The Kier molecular flexibility index (Phi) is 6.78. The highest BCUT2D eigenvalue weighted by Gasteiger charge is 2.15. The van der Waals surface area contributed by atoms with Crippen molar-refractivity contribution in [2.24, 2.45) is 0 Å². The summed E-state index contributed by atoms with van der Waals surface area (Å²) in [6, 6.07) is 7.07. The van der Waals surface area contributed by atoms with Crippen molar-refractivity contribution < 1.29 is 9.53 Å². The molecule has 0 bridgehead atoms. The molecule has 0 atom stereocenters. The molecule has 0 saturated carbocycles. The van der Waals surface area contributed by atoms with Gasteiger partial charge in [-0.3, -0.25) is 28.4 Å². The van der Waals surface area contributed by atoms with Crippen molar-refractivity contribution in [2.75, 3.05) is 39.4 Å². The third-order valence-electron chi connectivity index (χ3n) is 4.83. The van der Waals surface area contributed by atoms with E-state index in [1.54, 1.807) is 30.3 Å². The maximum Gasteiger partial charge on any atom is 0.317 e. The molecule has 0 radical (unpaired) electrons. The van der Waals surface area contributed by atoms with Gasteiger partial charge in [-0.2, -0.15) is 0 Å². The second kappa shape index (κ2) is 9.48. The maximum atomic E-state index is 12.5. The van der Waals surface area contributed by atoms with Gasteiger partial charge in [0.1, 0.15) is 6.54 Å². The van der Waals surface area contributed by atoms with Crippen LogP contribution in [0.1, 0.15) is 6.42 Å². The molecule has 1 aromatic heterocycles. The maximum absolute atomic E-state index is 12.5. The van der Waals surface area contributed by atoms with Gasteiger partial charge in [-0.15, -0.1) is 6.58 Å². The van der Waals surface area contributed by atoms with Crippen molar-refractivity contribution >= 4 is 16.9 Å². The van der Waals surface area contributed by atoms with Crippen molar-refractivity contribution in [1.29, 1.82) is 0 Å². The smallest absolute Gasteiger partial charge is 0.317 e.